The number of ether oxygens (including phenoxy) is 5. The molecule has 14 nitrogen and oxygen atoms in total. The summed E-state index contributed by atoms with van der Waals surface area (Å²) in [6.07, 6.45) is -13.4. The molecule has 0 saturated carbocycles. The first-order valence-corrected chi connectivity index (χ1v) is 9.98. The van der Waals surface area contributed by atoms with Crippen LogP contribution in [0.15, 0.2) is 0 Å². The van der Waals surface area contributed by atoms with Crippen LogP contribution < -0.4 is 0 Å². The Labute approximate surface area is 182 Å². The fraction of sp³-hybridized carbons (Fsp3) is 0.889. The Kier molecular flexibility index (Phi) is 9.71. The van der Waals surface area contributed by atoms with E-state index in [9.17, 15) is 45.3 Å². The molecule has 0 bridgehead atoms. The standard InChI is InChI=1S/C18H30O14/c1-8(21)28-4-2-3-11(22)29-7-18(16(27)13(24)10(6-20)31-18)32-17-15(26)14(25)12(23)9(5-19)30-17/h9-10,12-17,19-20,23-27H,2-7H2,1H3/t9-,10-,12-,13-,14+,15-,16+,17-,18+/m1/s1. The second-order valence-electron chi connectivity index (χ2n) is 7.51. The van der Waals surface area contributed by atoms with Gasteiger partial charge in [0.25, 0.3) is 0 Å². The van der Waals surface area contributed by atoms with E-state index < -0.39 is 86.6 Å². The smallest absolute Gasteiger partial charge is 0.306 e. The molecule has 2 fully saturated rings. The molecule has 0 aliphatic carbocycles. The Balaban J connectivity index is 2.11. The molecule has 14 heteroatoms. The SMILES string of the molecule is CC(=O)OCCCC(=O)OC[C@@]1(O[C@H]2O[C@H](CO)[C@@H](O)[C@H](O)[C@H]2O)O[C@H](CO)[C@@H](O)[C@@H]1O. The van der Waals surface area contributed by atoms with Crippen LogP contribution in [-0.2, 0) is 33.3 Å². The van der Waals surface area contributed by atoms with E-state index in [1.165, 1.54) is 6.92 Å². The largest absolute Gasteiger partial charge is 0.466 e. The monoisotopic (exact) mass is 470 g/mol. The highest BCUT2D eigenvalue weighted by molar-refractivity contribution is 5.69. The Morgan fingerprint density at radius 2 is 1.56 bits per heavy atom. The first kappa shape index (κ1) is 26.8. The molecule has 0 aromatic heterocycles. The molecule has 2 aliphatic heterocycles. The molecule has 0 aromatic rings. The van der Waals surface area contributed by atoms with Crippen molar-refractivity contribution in [1.29, 1.82) is 0 Å². The summed E-state index contributed by atoms with van der Waals surface area (Å²) >= 11 is 0. The van der Waals surface area contributed by atoms with Crippen molar-refractivity contribution >= 4 is 11.9 Å². The summed E-state index contributed by atoms with van der Waals surface area (Å²) in [5, 5.41) is 69.3. The van der Waals surface area contributed by atoms with Crippen molar-refractivity contribution in [1.82, 2.24) is 0 Å². The highest BCUT2D eigenvalue weighted by Gasteiger charge is 2.59. The third kappa shape index (κ3) is 6.11. The van der Waals surface area contributed by atoms with E-state index in [1.54, 1.807) is 0 Å². The lowest BCUT2D eigenvalue weighted by atomic mass is 9.99. The van der Waals surface area contributed by atoms with Crippen LogP contribution in [0.3, 0.4) is 0 Å². The first-order chi connectivity index (χ1) is 15.1. The molecule has 2 aliphatic rings. The van der Waals surface area contributed by atoms with Crippen molar-refractivity contribution < 1.29 is 69.0 Å². The number of carbonyl (C=O) groups excluding carboxylic acids is 2. The summed E-state index contributed by atoms with van der Waals surface area (Å²) in [5.41, 5.74) is 0. The van der Waals surface area contributed by atoms with Gasteiger partial charge in [0.1, 0.15) is 49.3 Å². The number of hydrogen-bond donors (Lipinski definition) is 7. The van der Waals surface area contributed by atoms with E-state index >= 15 is 0 Å². The minimum atomic E-state index is -2.33. The first-order valence-electron chi connectivity index (χ1n) is 9.98. The molecule has 0 spiro atoms. The van der Waals surface area contributed by atoms with Crippen molar-refractivity contribution in [2.45, 2.75) is 74.6 Å². The molecule has 0 radical (unpaired) electrons. The van der Waals surface area contributed by atoms with Crippen molar-refractivity contribution in [3.05, 3.63) is 0 Å². The second kappa shape index (κ2) is 11.6. The van der Waals surface area contributed by atoms with Gasteiger partial charge in [-0.25, -0.2) is 0 Å². The van der Waals surface area contributed by atoms with Crippen molar-refractivity contribution in [3.63, 3.8) is 0 Å². The van der Waals surface area contributed by atoms with E-state index in [-0.39, 0.29) is 19.4 Å². The van der Waals surface area contributed by atoms with Gasteiger partial charge in [-0.15, -0.1) is 0 Å². The number of esters is 2. The summed E-state index contributed by atoms with van der Waals surface area (Å²) in [7, 11) is 0. The number of aliphatic hydroxyl groups is 7. The van der Waals surface area contributed by atoms with Crippen LogP contribution >= 0.6 is 0 Å². The summed E-state index contributed by atoms with van der Waals surface area (Å²) in [6, 6.07) is 0. The maximum atomic E-state index is 12.0. The van der Waals surface area contributed by atoms with Gasteiger partial charge in [-0.2, -0.15) is 0 Å². The molecule has 7 N–H and O–H groups in total. The van der Waals surface area contributed by atoms with Gasteiger partial charge in [-0.05, 0) is 6.42 Å². The number of hydrogen-bond acceptors (Lipinski definition) is 14. The molecule has 0 aromatic carbocycles. The minimum absolute atomic E-state index is 0.0264. The van der Waals surface area contributed by atoms with Crippen LogP contribution in [0.25, 0.3) is 0 Å². The number of rotatable bonds is 10. The lowest BCUT2D eigenvalue weighted by Gasteiger charge is -2.43. The maximum Gasteiger partial charge on any atom is 0.306 e. The van der Waals surface area contributed by atoms with Gasteiger partial charge in [-0.1, -0.05) is 0 Å². The Morgan fingerprint density at radius 1 is 0.906 bits per heavy atom. The Morgan fingerprint density at radius 3 is 2.12 bits per heavy atom. The fourth-order valence-corrected chi connectivity index (χ4v) is 3.30. The van der Waals surface area contributed by atoms with Crippen molar-refractivity contribution in [2.24, 2.45) is 0 Å². The van der Waals surface area contributed by atoms with Crippen LogP contribution in [0.5, 0.6) is 0 Å². The van der Waals surface area contributed by atoms with E-state index in [2.05, 4.69) is 0 Å². The average Bonchev–Trinajstić information content (AvgIpc) is 3.00. The van der Waals surface area contributed by atoms with Gasteiger partial charge in [-0.3, -0.25) is 9.59 Å². The lowest BCUT2D eigenvalue weighted by molar-refractivity contribution is -0.383. The van der Waals surface area contributed by atoms with Gasteiger partial charge >= 0.3 is 11.9 Å². The quantitative estimate of drug-likeness (QED) is 0.118. The predicted molar refractivity (Wildman–Crippen MR) is 98.4 cm³/mol. The van der Waals surface area contributed by atoms with Crippen LogP contribution in [0.4, 0.5) is 0 Å². The van der Waals surface area contributed by atoms with Crippen molar-refractivity contribution in [2.75, 3.05) is 26.4 Å². The fourth-order valence-electron chi connectivity index (χ4n) is 3.30. The summed E-state index contributed by atoms with van der Waals surface area (Å²) in [6.45, 7) is -1.13. The molecule has 0 amide bonds. The molecular weight excluding hydrogens is 440 g/mol. The van der Waals surface area contributed by atoms with Crippen LogP contribution in [-0.4, -0.2) is 129 Å². The van der Waals surface area contributed by atoms with Crippen LogP contribution in [0, 0.1) is 0 Å². The zero-order valence-electron chi connectivity index (χ0n) is 17.3. The lowest BCUT2D eigenvalue weighted by Crippen LogP contribution is -2.62. The van der Waals surface area contributed by atoms with Gasteiger partial charge in [0.15, 0.2) is 6.29 Å². The second-order valence-corrected chi connectivity index (χ2v) is 7.51. The third-order valence-corrected chi connectivity index (χ3v) is 5.11. The highest BCUT2D eigenvalue weighted by atomic mass is 16.8. The summed E-state index contributed by atoms with van der Waals surface area (Å²) < 4.78 is 25.8. The van der Waals surface area contributed by atoms with Crippen LogP contribution in [0.2, 0.25) is 0 Å². The van der Waals surface area contributed by atoms with Gasteiger partial charge in [0.2, 0.25) is 5.79 Å². The van der Waals surface area contributed by atoms with E-state index in [4.69, 9.17) is 23.7 Å². The molecule has 32 heavy (non-hydrogen) atoms. The van der Waals surface area contributed by atoms with E-state index in [0.717, 1.165) is 0 Å². The Hall–Kier alpha value is -1.46. The molecule has 0 unspecified atom stereocenters. The highest BCUT2D eigenvalue weighted by Crippen LogP contribution is 2.36. The molecule has 2 rings (SSSR count). The number of carbonyl (C=O) groups is 2. The van der Waals surface area contributed by atoms with Gasteiger partial charge in [0.05, 0.1) is 19.8 Å². The third-order valence-electron chi connectivity index (χ3n) is 5.11. The number of aliphatic hydroxyl groups excluding tert-OH is 7. The molecule has 2 heterocycles. The molecular formula is C18H30O14. The van der Waals surface area contributed by atoms with Crippen LogP contribution in [0.1, 0.15) is 19.8 Å². The molecule has 2 saturated heterocycles. The van der Waals surface area contributed by atoms with E-state index in [0.29, 0.717) is 0 Å². The maximum absolute atomic E-state index is 12.0. The Bertz CT molecular complexity index is 629. The molecule has 186 valence electrons. The van der Waals surface area contributed by atoms with Gasteiger partial charge < -0.3 is 59.4 Å². The predicted octanol–water partition coefficient (Wildman–Crippen LogP) is -4.50. The normalized spacial score (nSPS) is 39.6. The molecule has 9 atom stereocenters. The zero-order chi connectivity index (χ0) is 24.1. The van der Waals surface area contributed by atoms with E-state index in [1.807, 2.05) is 0 Å². The topological polar surface area (TPSA) is 222 Å². The summed E-state index contributed by atoms with van der Waals surface area (Å²) in [5.74, 6) is -3.64. The van der Waals surface area contributed by atoms with Gasteiger partial charge in [0, 0.05) is 13.3 Å². The van der Waals surface area contributed by atoms with Crippen molar-refractivity contribution in [3.8, 4) is 0 Å². The zero-order valence-corrected chi connectivity index (χ0v) is 17.3. The minimum Gasteiger partial charge on any atom is -0.466 e. The summed E-state index contributed by atoms with van der Waals surface area (Å²) in [4.78, 5) is 22.8. The average molecular weight is 470 g/mol.